The van der Waals surface area contributed by atoms with E-state index in [-0.39, 0.29) is 16.5 Å². The molecule has 0 radical (unpaired) electrons. The van der Waals surface area contributed by atoms with Gasteiger partial charge in [-0.05, 0) is 30.3 Å². The maximum atomic E-state index is 11.5. The zero-order chi connectivity index (χ0) is 15.6. The van der Waals surface area contributed by atoms with Crippen molar-refractivity contribution in [3.05, 3.63) is 0 Å². The van der Waals surface area contributed by atoms with E-state index in [2.05, 4.69) is 33.0 Å². The van der Waals surface area contributed by atoms with Gasteiger partial charge in [-0.2, -0.15) is 0 Å². The van der Waals surface area contributed by atoms with Crippen LogP contribution in [0.3, 0.4) is 0 Å². The maximum Gasteiger partial charge on any atom is 0.319 e. The van der Waals surface area contributed by atoms with Crippen molar-refractivity contribution in [2.75, 3.05) is 24.7 Å². The van der Waals surface area contributed by atoms with Crippen molar-refractivity contribution in [1.82, 2.24) is 5.32 Å². The van der Waals surface area contributed by atoms with Crippen LogP contribution in [0.1, 0.15) is 34.6 Å². The fourth-order valence-electron chi connectivity index (χ4n) is 1.18. The van der Waals surface area contributed by atoms with Crippen LogP contribution >= 0.6 is 30.9 Å². The molecule has 0 rings (SSSR count). The van der Waals surface area contributed by atoms with E-state index in [0.29, 0.717) is 18.4 Å². The number of hydrogen-bond acceptors (Lipinski definition) is 6. The smallest absolute Gasteiger partial charge is 0.319 e. The van der Waals surface area contributed by atoms with Crippen LogP contribution in [0.15, 0.2) is 0 Å². The number of nitrogens with one attached hydrogen (secondary N) is 1. The molecule has 0 aliphatic carbocycles. The van der Waals surface area contributed by atoms with Crippen molar-refractivity contribution in [2.24, 2.45) is 11.8 Å². The largest absolute Gasteiger partial charge is 0.465 e. The molecule has 0 unspecified atom stereocenters. The highest BCUT2D eigenvalue weighted by atomic mass is 32.4. The molecule has 3 nitrogen and oxygen atoms in total. The number of hydrogen-bond donors (Lipinski definition) is 1. The van der Waals surface area contributed by atoms with Gasteiger partial charge < -0.3 is 4.74 Å². The van der Waals surface area contributed by atoms with Crippen molar-refractivity contribution in [3.63, 3.8) is 0 Å². The Labute approximate surface area is 138 Å². The van der Waals surface area contributed by atoms with E-state index < -0.39 is 0 Å². The van der Waals surface area contributed by atoms with Crippen LogP contribution in [0.2, 0.25) is 0 Å². The van der Waals surface area contributed by atoms with Gasteiger partial charge in [0.25, 0.3) is 0 Å². The minimum atomic E-state index is -0.295. The molecule has 7 heteroatoms. The summed E-state index contributed by atoms with van der Waals surface area (Å²) in [6, 6.07) is 0. The third-order valence-electron chi connectivity index (χ3n) is 2.11. The molecule has 0 atom stereocenters. The molecular weight excluding hydrogens is 329 g/mol. The van der Waals surface area contributed by atoms with Gasteiger partial charge in [-0.15, -0.1) is 23.5 Å². The average molecular weight is 356 g/mol. The second-order valence-corrected chi connectivity index (χ2v) is 9.97. The Balaban J connectivity index is 4.62. The van der Waals surface area contributed by atoms with Gasteiger partial charge in [-0.3, -0.25) is 10.1 Å². The summed E-state index contributed by atoms with van der Waals surface area (Å²) in [4.78, 5) is 11.5. The summed E-state index contributed by atoms with van der Waals surface area (Å²) in [5, 5.41) is 3.31. The lowest BCUT2D eigenvalue weighted by Crippen LogP contribution is -2.39. The lowest BCUT2D eigenvalue weighted by Gasteiger charge is -2.30. The lowest BCUT2D eigenvalue weighted by atomic mass is 10.3. The predicted octanol–water partition coefficient (Wildman–Crippen LogP) is 3.94. The first kappa shape index (κ1) is 20.6. The predicted molar refractivity (Wildman–Crippen MR) is 96.2 cm³/mol. The molecule has 0 amide bonds. The van der Waals surface area contributed by atoms with E-state index >= 15 is 0 Å². The molecule has 0 saturated heterocycles. The van der Waals surface area contributed by atoms with Crippen LogP contribution < -0.4 is 5.32 Å². The van der Waals surface area contributed by atoms with Crippen molar-refractivity contribution in [3.8, 4) is 0 Å². The number of esters is 1. The summed E-state index contributed by atoms with van der Waals surface area (Å²) < 4.78 is 4.68. The van der Waals surface area contributed by atoms with E-state index in [9.17, 15) is 4.79 Å². The Morgan fingerprint density at radius 1 is 1.25 bits per heavy atom. The van der Waals surface area contributed by atoms with E-state index in [1.165, 1.54) is 0 Å². The number of carbonyl (C=O) groups excluding carboxylic acids is 1. The normalized spacial score (nSPS) is 12.3. The minimum Gasteiger partial charge on any atom is -0.465 e. The topological polar surface area (TPSA) is 38.3 Å². The van der Waals surface area contributed by atoms with Crippen molar-refractivity contribution in [2.45, 2.75) is 38.6 Å². The molecule has 0 aromatic heterocycles. The Hall–Kier alpha value is 0.650. The summed E-state index contributed by atoms with van der Waals surface area (Å²) in [6.07, 6.45) is 0. The van der Waals surface area contributed by atoms with Crippen LogP contribution in [-0.2, 0) is 21.3 Å². The monoisotopic (exact) mass is 355 g/mol. The van der Waals surface area contributed by atoms with Crippen molar-refractivity contribution in [1.29, 1.82) is 0 Å². The minimum absolute atomic E-state index is 0.216. The molecular formula is C13H26NO2PS3. The first-order valence-corrected chi connectivity index (χ1v) is 10.8. The van der Waals surface area contributed by atoms with E-state index in [4.69, 9.17) is 16.5 Å². The van der Waals surface area contributed by atoms with Gasteiger partial charge >= 0.3 is 5.97 Å². The van der Waals surface area contributed by atoms with Crippen molar-refractivity contribution >= 4 is 48.7 Å². The van der Waals surface area contributed by atoms with Gasteiger partial charge in [0.15, 0.2) is 3.94 Å². The average Bonchev–Trinajstić information content (AvgIpc) is 2.38. The molecule has 0 bridgehead atoms. The van der Waals surface area contributed by atoms with Gasteiger partial charge in [0.1, 0.15) is 0 Å². The van der Waals surface area contributed by atoms with Gasteiger partial charge in [-0.1, -0.05) is 39.5 Å². The lowest BCUT2D eigenvalue weighted by molar-refractivity contribution is -0.141. The van der Waals surface area contributed by atoms with Crippen LogP contribution in [-0.4, -0.2) is 34.6 Å². The van der Waals surface area contributed by atoms with Gasteiger partial charge in [0.2, 0.25) is 0 Å². The fraction of sp³-hybridized carbons (Fsp3) is 0.923. The number of thioether (sulfide) groups is 2. The highest BCUT2D eigenvalue weighted by molar-refractivity contribution is 8.27. The number of rotatable bonds is 11. The molecule has 118 valence electrons. The van der Waals surface area contributed by atoms with Gasteiger partial charge in [0, 0.05) is 7.36 Å². The zero-order valence-corrected chi connectivity index (χ0v) is 16.3. The molecule has 0 aromatic carbocycles. The quantitative estimate of drug-likeness (QED) is 0.344. The first-order valence-electron chi connectivity index (χ1n) is 6.88. The molecule has 1 N–H and O–H groups in total. The Morgan fingerprint density at radius 2 is 1.75 bits per heavy atom. The summed E-state index contributed by atoms with van der Waals surface area (Å²) >= 11 is 8.94. The molecule has 0 heterocycles. The standard InChI is InChI=1S/C13H26NO2PS3/c1-6-16-12(15)7-14-13(17-18,19-8-10(2)3)20-9-11(4)5/h10-11,14H,6-9H2,1-5H3. The molecule has 0 aliphatic rings. The van der Waals surface area contributed by atoms with Crippen LogP contribution in [0.5, 0.6) is 0 Å². The molecule has 0 aliphatic heterocycles. The summed E-state index contributed by atoms with van der Waals surface area (Å²) in [7, 11) is 0.831. The molecule has 20 heavy (non-hydrogen) atoms. The maximum absolute atomic E-state index is 11.5. The third kappa shape index (κ3) is 9.56. The first-order chi connectivity index (χ1) is 9.35. The molecule has 0 fully saturated rings. The van der Waals surface area contributed by atoms with Gasteiger partial charge in [0.05, 0.1) is 13.2 Å². The van der Waals surface area contributed by atoms with Gasteiger partial charge in [-0.25, -0.2) is 0 Å². The summed E-state index contributed by atoms with van der Waals surface area (Å²) in [6.45, 7) is 11.2. The van der Waals surface area contributed by atoms with Crippen LogP contribution in [0.4, 0.5) is 0 Å². The SMILES string of the molecule is CCOC(=O)CNC(P=S)(SCC(C)C)SCC(C)C. The van der Waals surface area contributed by atoms with E-state index in [1.807, 2.05) is 6.92 Å². The molecule has 0 saturated carbocycles. The van der Waals surface area contributed by atoms with E-state index in [1.54, 1.807) is 23.5 Å². The Kier molecular flexibility index (Phi) is 11.6. The highest BCUT2D eigenvalue weighted by Gasteiger charge is 2.30. The van der Waals surface area contributed by atoms with Crippen LogP contribution in [0, 0.1) is 11.8 Å². The Morgan fingerprint density at radius 3 is 2.10 bits per heavy atom. The Bertz CT molecular complexity index is 289. The zero-order valence-electron chi connectivity index (χ0n) is 13.0. The molecule has 0 aromatic rings. The van der Waals surface area contributed by atoms with Crippen molar-refractivity contribution < 1.29 is 9.53 Å². The number of ether oxygens (including phenoxy) is 1. The second kappa shape index (κ2) is 11.2. The summed E-state index contributed by atoms with van der Waals surface area (Å²) in [5.41, 5.74) is 0. The fourth-order valence-corrected chi connectivity index (χ4v) is 5.55. The summed E-state index contributed by atoms with van der Waals surface area (Å²) in [5.74, 6) is 3.01. The van der Waals surface area contributed by atoms with Crippen LogP contribution in [0.25, 0.3) is 0 Å². The van der Waals surface area contributed by atoms with E-state index in [0.717, 1.165) is 18.9 Å². The third-order valence-corrected chi connectivity index (χ3v) is 8.79. The molecule has 0 spiro atoms. The second-order valence-electron chi connectivity index (χ2n) is 5.24. The highest BCUT2D eigenvalue weighted by Crippen LogP contribution is 2.45. The number of carbonyl (C=O) groups is 1.